The van der Waals surface area contributed by atoms with Crippen LogP contribution in [0, 0.1) is 0 Å². The first kappa shape index (κ1) is 15.8. The van der Waals surface area contributed by atoms with Crippen molar-refractivity contribution < 1.29 is 9.53 Å². The van der Waals surface area contributed by atoms with Gasteiger partial charge >= 0.3 is 0 Å². The first-order valence-corrected chi connectivity index (χ1v) is 8.66. The smallest absolute Gasteiger partial charge is 0.270 e. The Morgan fingerprint density at radius 2 is 1.60 bits per heavy atom. The molecule has 2 aromatic rings. The van der Waals surface area contributed by atoms with E-state index in [1.54, 1.807) is 0 Å². The molecule has 2 aromatic carbocycles. The summed E-state index contributed by atoms with van der Waals surface area (Å²) >= 11 is 0. The van der Waals surface area contributed by atoms with Crippen LogP contribution in [-0.2, 0) is 9.53 Å². The average Bonchev–Trinajstić information content (AvgIpc) is 3.15. The van der Waals surface area contributed by atoms with Crippen LogP contribution >= 0.6 is 0 Å². The van der Waals surface area contributed by atoms with Crippen LogP contribution in [0.5, 0.6) is 0 Å². The Morgan fingerprint density at radius 3 is 2.28 bits per heavy atom. The van der Waals surface area contributed by atoms with Gasteiger partial charge in [0.1, 0.15) is 5.71 Å². The molecule has 0 aromatic heterocycles. The molecule has 0 N–H and O–H groups in total. The molecule has 2 aliphatic rings. The largest absolute Gasteiger partial charge is 0.378 e. The zero-order valence-electron chi connectivity index (χ0n) is 14.0. The molecular weight excluding hydrogens is 314 g/mol. The van der Waals surface area contributed by atoms with Crippen molar-refractivity contribution >= 4 is 17.3 Å². The average molecular weight is 335 g/mol. The Kier molecular flexibility index (Phi) is 4.48. The Balaban J connectivity index is 1.64. The molecule has 1 fully saturated rings. The van der Waals surface area contributed by atoms with E-state index >= 15 is 0 Å². The summed E-state index contributed by atoms with van der Waals surface area (Å²) in [5.74, 6) is 0.0302. The summed E-state index contributed by atoms with van der Waals surface area (Å²) in [4.78, 5) is 14.7. The van der Waals surface area contributed by atoms with Crippen molar-refractivity contribution in [2.75, 3.05) is 31.3 Å². The molecule has 5 heteroatoms. The van der Waals surface area contributed by atoms with Gasteiger partial charge in [-0.05, 0) is 17.7 Å². The monoisotopic (exact) mass is 335 g/mol. The van der Waals surface area contributed by atoms with Gasteiger partial charge in [0.25, 0.3) is 5.91 Å². The number of hydrogen-bond donors (Lipinski definition) is 0. The lowest BCUT2D eigenvalue weighted by Gasteiger charge is -2.26. The maximum atomic E-state index is 12.9. The lowest BCUT2D eigenvalue weighted by molar-refractivity contribution is -0.128. The van der Waals surface area contributed by atoms with Gasteiger partial charge in [-0.25, -0.2) is 0 Å². The van der Waals surface area contributed by atoms with Crippen LogP contribution in [0.3, 0.4) is 0 Å². The SMILES string of the molecule is O=C(C1=NN(c2ccccc2)[C@@H](c2ccccc2)C1)N1CCOCC1. The number of benzene rings is 2. The fourth-order valence-electron chi connectivity index (χ4n) is 3.34. The highest BCUT2D eigenvalue weighted by molar-refractivity contribution is 6.39. The van der Waals surface area contributed by atoms with E-state index in [-0.39, 0.29) is 11.9 Å². The third-order valence-electron chi connectivity index (χ3n) is 4.66. The lowest BCUT2D eigenvalue weighted by atomic mass is 10.0. The number of amides is 1. The lowest BCUT2D eigenvalue weighted by Crippen LogP contribution is -2.43. The summed E-state index contributed by atoms with van der Waals surface area (Å²) in [6.45, 7) is 2.48. The van der Waals surface area contributed by atoms with Crippen molar-refractivity contribution in [1.82, 2.24) is 4.90 Å². The maximum Gasteiger partial charge on any atom is 0.270 e. The van der Waals surface area contributed by atoms with Gasteiger partial charge < -0.3 is 9.64 Å². The zero-order chi connectivity index (χ0) is 17.1. The van der Waals surface area contributed by atoms with Crippen LogP contribution in [0.25, 0.3) is 0 Å². The number of anilines is 1. The molecule has 128 valence electrons. The summed E-state index contributed by atoms with van der Waals surface area (Å²) in [6.07, 6.45) is 0.620. The molecule has 0 unspecified atom stereocenters. The normalized spacial score (nSPS) is 20.5. The summed E-state index contributed by atoms with van der Waals surface area (Å²) in [5, 5.41) is 6.68. The number of carbonyl (C=O) groups excluding carboxylic acids is 1. The highest BCUT2D eigenvalue weighted by atomic mass is 16.5. The summed E-state index contributed by atoms with van der Waals surface area (Å²) in [6, 6.07) is 20.3. The number of morpholine rings is 1. The van der Waals surface area contributed by atoms with E-state index in [2.05, 4.69) is 12.1 Å². The summed E-state index contributed by atoms with van der Waals surface area (Å²) in [7, 11) is 0. The highest BCUT2D eigenvalue weighted by Crippen LogP contribution is 2.35. The molecule has 2 heterocycles. The van der Waals surface area contributed by atoms with Crippen LogP contribution in [0.2, 0.25) is 0 Å². The molecule has 1 atom stereocenters. The third-order valence-corrected chi connectivity index (χ3v) is 4.66. The Labute approximate surface area is 147 Å². The number of carbonyl (C=O) groups is 1. The second-order valence-electron chi connectivity index (χ2n) is 6.26. The van der Waals surface area contributed by atoms with Gasteiger partial charge in [0.15, 0.2) is 0 Å². The molecule has 0 bridgehead atoms. The van der Waals surface area contributed by atoms with Crippen molar-refractivity contribution in [3.63, 3.8) is 0 Å². The molecule has 0 saturated carbocycles. The van der Waals surface area contributed by atoms with E-state index in [9.17, 15) is 4.79 Å². The molecule has 25 heavy (non-hydrogen) atoms. The van der Waals surface area contributed by atoms with E-state index in [0.717, 1.165) is 5.69 Å². The van der Waals surface area contributed by atoms with Crippen LogP contribution in [-0.4, -0.2) is 42.8 Å². The van der Waals surface area contributed by atoms with E-state index in [1.807, 2.05) is 58.4 Å². The Bertz CT molecular complexity index is 755. The first-order chi connectivity index (χ1) is 12.3. The first-order valence-electron chi connectivity index (χ1n) is 8.66. The Morgan fingerprint density at radius 1 is 0.960 bits per heavy atom. The minimum absolute atomic E-state index is 0.0302. The van der Waals surface area contributed by atoms with Gasteiger partial charge in [-0.3, -0.25) is 9.80 Å². The number of rotatable bonds is 3. The number of ether oxygens (including phenoxy) is 1. The van der Waals surface area contributed by atoms with Crippen molar-refractivity contribution in [2.45, 2.75) is 12.5 Å². The van der Waals surface area contributed by atoms with Crippen LogP contribution in [0.4, 0.5) is 5.69 Å². The molecule has 5 nitrogen and oxygen atoms in total. The molecule has 2 aliphatic heterocycles. The Hall–Kier alpha value is -2.66. The summed E-state index contributed by atoms with van der Waals surface area (Å²) < 4.78 is 5.35. The number of hydrazone groups is 1. The van der Waals surface area contributed by atoms with Gasteiger partial charge in [-0.2, -0.15) is 5.10 Å². The fourth-order valence-corrected chi connectivity index (χ4v) is 3.34. The van der Waals surface area contributed by atoms with Crippen molar-refractivity contribution in [1.29, 1.82) is 0 Å². The number of hydrogen-bond acceptors (Lipinski definition) is 4. The molecule has 0 aliphatic carbocycles. The standard InChI is InChI=1S/C20H21N3O2/c24-20(22-11-13-25-14-12-22)18-15-19(16-7-3-1-4-8-16)23(21-18)17-9-5-2-6-10-17/h1-10,19H,11-15H2/t19-/m1/s1. The molecule has 0 spiro atoms. The van der Waals surface area contributed by atoms with E-state index < -0.39 is 0 Å². The van der Waals surface area contributed by atoms with Gasteiger partial charge in [-0.1, -0.05) is 48.5 Å². The topological polar surface area (TPSA) is 45.1 Å². The number of nitrogens with zero attached hydrogens (tertiary/aromatic N) is 3. The second kappa shape index (κ2) is 7.07. The molecule has 4 rings (SSSR count). The predicted molar refractivity (Wildman–Crippen MR) is 97.6 cm³/mol. The predicted octanol–water partition coefficient (Wildman–Crippen LogP) is 2.85. The van der Waals surface area contributed by atoms with Gasteiger partial charge in [-0.15, -0.1) is 0 Å². The van der Waals surface area contributed by atoms with Crippen molar-refractivity contribution in [2.24, 2.45) is 5.10 Å². The van der Waals surface area contributed by atoms with Crippen LogP contribution in [0.1, 0.15) is 18.0 Å². The summed E-state index contributed by atoms with van der Waals surface area (Å²) in [5.41, 5.74) is 2.79. The second-order valence-corrected chi connectivity index (χ2v) is 6.26. The van der Waals surface area contributed by atoms with Crippen LogP contribution in [0.15, 0.2) is 65.8 Å². The van der Waals surface area contributed by atoms with Gasteiger partial charge in [0.2, 0.25) is 0 Å². The highest BCUT2D eigenvalue weighted by Gasteiger charge is 2.34. The van der Waals surface area contributed by atoms with Crippen molar-refractivity contribution in [3.8, 4) is 0 Å². The van der Waals surface area contributed by atoms with Crippen LogP contribution < -0.4 is 5.01 Å². The van der Waals surface area contributed by atoms with Crippen molar-refractivity contribution in [3.05, 3.63) is 66.2 Å². The van der Waals surface area contributed by atoms with E-state index in [0.29, 0.717) is 38.4 Å². The molecular formula is C20H21N3O2. The minimum atomic E-state index is 0.0302. The quantitative estimate of drug-likeness (QED) is 0.866. The molecule has 1 saturated heterocycles. The molecule has 0 radical (unpaired) electrons. The third kappa shape index (κ3) is 3.28. The van der Waals surface area contributed by atoms with Gasteiger partial charge in [0, 0.05) is 19.5 Å². The zero-order valence-corrected chi connectivity index (χ0v) is 14.0. The van der Waals surface area contributed by atoms with E-state index in [4.69, 9.17) is 9.84 Å². The maximum absolute atomic E-state index is 12.9. The fraction of sp³-hybridized carbons (Fsp3) is 0.300. The number of para-hydroxylation sites is 1. The van der Waals surface area contributed by atoms with Gasteiger partial charge in [0.05, 0.1) is 24.9 Å². The molecule has 1 amide bonds. The minimum Gasteiger partial charge on any atom is -0.378 e. The van der Waals surface area contributed by atoms with E-state index in [1.165, 1.54) is 5.56 Å².